The molecule has 0 aromatic heterocycles. The fourth-order valence-corrected chi connectivity index (χ4v) is 3.15. The lowest BCUT2D eigenvalue weighted by Crippen LogP contribution is -2.53. The Labute approximate surface area is 288 Å². The van der Waals surface area contributed by atoms with E-state index in [0.29, 0.717) is 0 Å². The van der Waals surface area contributed by atoms with Gasteiger partial charge >= 0.3 is 0 Å². The third kappa shape index (κ3) is 50.7. The molecular formula is C34H85N5Si5. The smallest absolute Gasteiger partial charge is 0.151 e. The van der Waals surface area contributed by atoms with Crippen LogP contribution in [-0.2, 0) is 0 Å². The summed E-state index contributed by atoms with van der Waals surface area (Å²) in [7, 11) is 6.50. The van der Waals surface area contributed by atoms with Gasteiger partial charge in [0.15, 0.2) is 8.24 Å². The van der Waals surface area contributed by atoms with Gasteiger partial charge in [0.25, 0.3) is 0 Å². The van der Waals surface area contributed by atoms with Crippen LogP contribution in [0.25, 0.3) is 0 Å². The average molecular weight is 705 g/mol. The lowest BCUT2D eigenvalue weighted by atomic mass is 10.2. The first-order chi connectivity index (χ1) is 19.4. The summed E-state index contributed by atoms with van der Waals surface area (Å²) in [5.74, 6) is 0. The van der Waals surface area contributed by atoms with E-state index in [4.69, 9.17) is 0 Å². The summed E-state index contributed by atoms with van der Waals surface area (Å²) in [4.78, 5) is 16.1. The molecule has 0 aliphatic rings. The van der Waals surface area contributed by atoms with Crippen molar-refractivity contribution in [2.45, 2.75) is 101 Å². The third-order valence-corrected chi connectivity index (χ3v) is 14.6. The van der Waals surface area contributed by atoms with E-state index in [2.05, 4.69) is 146 Å². The zero-order chi connectivity index (χ0) is 34.3. The van der Waals surface area contributed by atoms with Crippen molar-refractivity contribution in [3.63, 3.8) is 0 Å². The number of hydrogen-bond acceptors (Lipinski definition) is 5. The number of aryl methyl sites for hydroxylation is 1. The van der Waals surface area contributed by atoms with Crippen LogP contribution in [0.1, 0.15) is 35.7 Å². The quantitative estimate of drug-likeness (QED) is 0.193. The zero-order valence-electron chi connectivity index (χ0n) is 31.3. The normalized spacial score (nSPS) is 9.89. The van der Waals surface area contributed by atoms with E-state index in [0.717, 1.165) is 0 Å². The number of benzene rings is 2. The van der Waals surface area contributed by atoms with Gasteiger partial charge in [-0.1, -0.05) is 166 Å². The van der Waals surface area contributed by atoms with Crippen LogP contribution in [0, 0.1) is 6.92 Å². The molecule has 10 heteroatoms. The van der Waals surface area contributed by atoms with Gasteiger partial charge in [0.2, 0.25) is 0 Å². The molecule has 0 radical (unpaired) electrons. The van der Waals surface area contributed by atoms with E-state index in [1.807, 2.05) is 73.0 Å². The monoisotopic (exact) mass is 704 g/mol. The molecule has 44 heavy (non-hydrogen) atoms. The summed E-state index contributed by atoms with van der Waals surface area (Å²) in [6.07, 6.45) is 0. The molecule has 0 bridgehead atoms. The van der Waals surface area contributed by atoms with Crippen molar-refractivity contribution in [3.05, 3.63) is 78.5 Å². The van der Waals surface area contributed by atoms with Gasteiger partial charge in [-0.2, -0.15) is 0 Å². The van der Waals surface area contributed by atoms with Crippen molar-refractivity contribution in [2.24, 2.45) is 0 Å². The predicted molar refractivity (Wildman–Crippen MR) is 231 cm³/mol. The van der Waals surface area contributed by atoms with Gasteiger partial charge in [-0.3, -0.25) is 0 Å². The molecule has 0 heterocycles. The van der Waals surface area contributed by atoms with Crippen LogP contribution in [0.15, 0.2) is 72.9 Å². The van der Waals surface area contributed by atoms with Crippen LogP contribution in [0.3, 0.4) is 0 Å². The molecular weight excluding hydrogens is 619 g/mol. The van der Waals surface area contributed by atoms with E-state index in [9.17, 15) is 0 Å². The Kier molecular flexibility index (Phi) is 50.9. The SMILES string of the molecule is C.C.C=C[Si](C)(C)NC.CC.CN[SiH2]C.CN[SiH](C)C.CN[Si](C)(C)C.CN[Si](C)(C)c1ccccc1.Cc1ccccc1.[HH]. The van der Waals surface area contributed by atoms with Crippen molar-refractivity contribution in [1.82, 2.24) is 24.9 Å². The predicted octanol–water partition coefficient (Wildman–Crippen LogP) is 7.56. The maximum atomic E-state index is 3.70. The van der Waals surface area contributed by atoms with Crippen molar-refractivity contribution < 1.29 is 1.43 Å². The Hall–Kier alpha value is -0.936. The van der Waals surface area contributed by atoms with Gasteiger partial charge in [0.05, 0.1) is 9.68 Å². The molecule has 5 N–H and O–H groups in total. The van der Waals surface area contributed by atoms with Gasteiger partial charge in [-0.15, -0.1) is 6.58 Å². The van der Waals surface area contributed by atoms with Gasteiger partial charge in [0.1, 0.15) is 25.4 Å². The third-order valence-electron chi connectivity index (χ3n) is 5.90. The Morgan fingerprint density at radius 2 is 1.02 bits per heavy atom. The minimum atomic E-state index is -1.30. The van der Waals surface area contributed by atoms with Gasteiger partial charge in [-0.25, -0.2) is 0 Å². The van der Waals surface area contributed by atoms with E-state index < -0.39 is 33.7 Å². The Balaban J connectivity index is -0.0000000611. The van der Waals surface area contributed by atoms with Gasteiger partial charge < -0.3 is 24.9 Å². The molecule has 5 nitrogen and oxygen atoms in total. The molecule has 0 unspecified atom stereocenters. The number of rotatable bonds is 7. The van der Waals surface area contributed by atoms with Crippen LogP contribution in [0.5, 0.6) is 0 Å². The molecule has 2 rings (SSSR count). The van der Waals surface area contributed by atoms with Crippen LogP contribution < -0.4 is 30.1 Å². The standard InChI is InChI=1S/C9H15NSi.C7H8.C5H13NSi.C4H13NSi.C3H11NSi.C2H9NSi.C2H6.2CH4.H2/c1-10-11(2,3)9-7-5-4-6-8-9;1-7-5-3-2-4-6-7;1-5-7(3,4)6-2;1-5-6(2,3)4;1-4-5(2)3;1-3-4-2;1-2;;;/h4-8,10H,1-3H3;2-6H,1H3;5-6H,1H2,2-4H3;5H,1-4H3;4-5H,1-3H3;3H,4H2,1-2H3;1-2H3;2*1H4;1H. The first-order valence-corrected chi connectivity index (χ1v) is 30.1. The second kappa shape index (κ2) is 38.2. The summed E-state index contributed by atoms with van der Waals surface area (Å²) < 4.78 is 0. The summed E-state index contributed by atoms with van der Waals surface area (Å²) in [6.45, 7) is 32.3. The summed E-state index contributed by atoms with van der Waals surface area (Å²) >= 11 is 0. The maximum Gasteiger partial charge on any atom is 0.151 e. The van der Waals surface area contributed by atoms with Crippen LogP contribution in [-0.4, -0.2) is 78.6 Å². The Morgan fingerprint density at radius 3 is 1.16 bits per heavy atom. The topological polar surface area (TPSA) is 60.1 Å². The highest BCUT2D eigenvalue weighted by molar-refractivity contribution is 6.87. The fraction of sp³-hybridized carbons (Fsp3) is 0.588. The molecule has 0 aliphatic carbocycles. The molecule has 0 atom stereocenters. The second-order valence-electron chi connectivity index (χ2n) is 11.7. The van der Waals surface area contributed by atoms with Crippen molar-refractivity contribution in [1.29, 1.82) is 0 Å². The summed E-state index contributed by atoms with van der Waals surface area (Å²) in [5.41, 5.74) is 3.34. The van der Waals surface area contributed by atoms with Crippen LogP contribution >= 0.6 is 0 Å². The van der Waals surface area contributed by atoms with Crippen molar-refractivity contribution in [3.8, 4) is 0 Å². The summed E-state index contributed by atoms with van der Waals surface area (Å²) in [6, 6.07) is 20.9. The maximum absolute atomic E-state index is 3.70. The van der Waals surface area contributed by atoms with Crippen molar-refractivity contribution >= 4 is 48.5 Å². The van der Waals surface area contributed by atoms with Crippen LogP contribution in [0.2, 0.25) is 65.5 Å². The molecule has 0 spiro atoms. The first kappa shape index (κ1) is 58.6. The van der Waals surface area contributed by atoms with E-state index in [-0.39, 0.29) is 26.0 Å². The lowest BCUT2D eigenvalue weighted by molar-refractivity contribution is 1.16. The number of nitrogens with one attached hydrogen (secondary N) is 5. The lowest BCUT2D eigenvalue weighted by Gasteiger charge is -2.21. The van der Waals surface area contributed by atoms with Crippen LogP contribution in [0.4, 0.5) is 0 Å². The van der Waals surface area contributed by atoms with E-state index in [1.54, 1.807) is 0 Å². The fourth-order valence-electron chi connectivity index (χ4n) is 1.64. The Bertz CT molecular complexity index is 791. The Morgan fingerprint density at radius 1 is 0.705 bits per heavy atom. The molecule has 2 aromatic rings. The molecule has 0 saturated heterocycles. The minimum absolute atomic E-state index is 0. The molecule has 266 valence electrons. The van der Waals surface area contributed by atoms with Gasteiger partial charge in [0, 0.05) is 1.43 Å². The molecule has 0 fully saturated rings. The summed E-state index contributed by atoms with van der Waals surface area (Å²) in [5, 5.41) is 1.46. The van der Waals surface area contributed by atoms with E-state index in [1.165, 1.54) is 10.8 Å². The second-order valence-corrected chi connectivity index (χ2v) is 29.7. The molecule has 0 saturated carbocycles. The largest absolute Gasteiger partial charge is 0.345 e. The van der Waals surface area contributed by atoms with Gasteiger partial charge in [-0.05, 0) is 47.3 Å². The highest BCUT2D eigenvalue weighted by Crippen LogP contribution is 1.97. The minimum Gasteiger partial charge on any atom is -0.345 e. The first-order valence-electron chi connectivity index (χ1n) is 15.5. The van der Waals surface area contributed by atoms with E-state index >= 15 is 0 Å². The molecule has 0 aliphatic heterocycles. The zero-order valence-corrected chi connectivity index (χ0v) is 36.9. The van der Waals surface area contributed by atoms with Crippen molar-refractivity contribution in [2.75, 3.05) is 35.2 Å². The highest BCUT2D eigenvalue weighted by Gasteiger charge is 2.19. The average Bonchev–Trinajstić information content (AvgIpc) is 3.00. The highest BCUT2D eigenvalue weighted by atomic mass is 28.3. The molecule has 2 aromatic carbocycles. The number of hydrogen-bond donors (Lipinski definition) is 5. The molecule has 0 amide bonds.